The molecule has 0 unspecified atom stereocenters. The van der Waals surface area contributed by atoms with E-state index in [9.17, 15) is 14.9 Å². The van der Waals surface area contributed by atoms with Crippen molar-refractivity contribution in [2.24, 2.45) is 0 Å². The van der Waals surface area contributed by atoms with Gasteiger partial charge in [-0.15, -0.1) is 0 Å². The maximum absolute atomic E-state index is 11.6. The lowest BCUT2D eigenvalue weighted by Gasteiger charge is -2.02. The van der Waals surface area contributed by atoms with E-state index in [0.717, 1.165) is 12.8 Å². The molecule has 0 aliphatic rings. The Labute approximate surface area is 125 Å². The Bertz CT molecular complexity index is 498. The fourth-order valence-corrected chi connectivity index (χ4v) is 1.91. The summed E-state index contributed by atoms with van der Waals surface area (Å²) in [5, 5.41) is 13.5. The van der Waals surface area contributed by atoms with Gasteiger partial charge in [-0.25, -0.2) is 0 Å². The molecule has 1 rings (SSSR count). The SMILES string of the molecule is CCCCCCCNC(=O)/C=C/c1cccc([N+](=O)[O-])c1. The predicted octanol–water partition coefficient (Wildman–Crippen LogP) is 3.69. The lowest BCUT2D eigenvalue weighted by Crippen LogP contribution is -2.21. The number of non-ortho nitro benzene ring substituents is 1. The number of amides is 1. The van der Waals surface area contributed by atoms with Gasteiger partial charge in [0.15, 0.2) is 0 Å². The minimum Gasteiger partial charge on any atom is -0.353 e. The first-order chi connectivity index (χ1) is 10.1. The summed E-state index contributed by atoms with van der Waals surface area (Å²) in [6, 6.07) is 6.19. The molecule has 0 saturated carbocycles. The van der Waals surface area contributed by atoms with E-state index in [2.05, 4.69) is 12.2 Å². The lowest BCUT2D eigenvalue weighted by molar-refractivity contribution is -0.384. The van der Waals surface area contributed by atoms with Crippen LogP contribution in [0.5, 0.6) is 0 Å². The first kappa shape index (κ1) is 16.9. The summed E-state index contributed by atoms with van der Waals surface area (Å²) in [5.41, 5.74) is 0.663. The Morgan fingerprint density at radius 1 is 1.29 bits per heavy atom. The second kappa shape index (κ2) is 9.69. The molecular weight excluding hydrogens is 268 g/mol. The average molecular weight is 290 g/mol. The van der Waals surface area contributed by atoms with Gasteiger partial charge in [0, 0.05) is 24.8 Å². The summed E-state index contributed by atoms with van der Waals surface area (Å²) in [7, 11) is 0. The molecule has 0 aliphatic carbocycles. The molecule has 1 aromatic rings. The van der Waals surface area contributed by atoms with Crippen LogP contribution in [-0.2, 0) is 4.79 Å². The van der Waals surface area contributed by atoms with E-state index in [-0.39, 0.29) is 11.6 Å². The number of carbonyl (C=O) groups is 1. The number of nitro groups is 1. The number of nitro benzene ring substituents is 1. The third-order valence-electron chi connectivity index (χ3n) is 3.09. The van der Waals surface area contributed by atoms with Crippen LogP contribution < -0.4 is 5.32 Å². The third kappa shape index (κ3) is 7.25. The molecule has 0 bridgehead atoms. The van der Waals surface area contributed by atoms with Crippen LogP contribution in [0.15, 0.2) is 30.3 Å². The van der Waals surface area contributed by atoms with Crippen molar-refractivity contribution in [1.82, 2.24) is 5.32 Å². The van der Waals surface area contributed by atoms with E-state index < -0.39 is 4.92 Å². The highest BCUT2D eigenvalue weighted by atomic mass is 16.6. The van der Waals surface area contributed by atoms with Crippen LogP contribution in [0.1, 0.15) is 44.6 Å². The Morgan fingerprint density at radius 3 is 2.76 bits per heavy atom. The average Bonchev–Trinajstić information content (AvgIpc) is 2.49. The summed E-state index contributed by atoms with van der Waals surface area (Å²) in [4.78, 5) is 21.8. The standard InChI is InChI=1S/C16H22N2O3/c1-2-3-4-5-6-12-17-16(19)11-10-14-8-7-9-15(13-14)18(20)21/h7-11,13H,2-6,12H2,1H3,(H,17,19)/b11-10+. The topological polar surface area (TPSA) is 72.2 Å². The molecule has 0 aromatic heterocycles. The molecule has 0 saturated heterocycles. The van der Waals surface area contributed by atoms with E-state index >= 15 is 0 Å². The molecule has 1 aromatic carbocycles. The van der Waals surface area contributed by atoms with Gasteiger partial charge in [-0.2, -0.15) is 0 Å². The molecule has 114 valence electrons. The summed E-state index contributed by atoms with van der Waals surface area (Å²) < 4.78 is 0. The van der Waals surface area contributed by atoms with Crippen molar-refractivity contribution in [3.8, 4) is 0 Å². The molecule has 0 radical (unpaired) electrons. The highest BCUT2D eigenvalue weighted by Gasteiger charge is 2.03. The monoisotopic (exact) mass is 290 g/mol. The van der Waals surface area contributed by atoms with Gasteiger partial charge in [0.05, 0.1) is 4.92 Å². The van der Waals surface area contributed by atoms with Crippen LogP contribution in [0.25, 0.3) is 6.08 Å². The number of hydrogen-bond acceptors (Lipinski definition) is 3. The number of nitrogens with one attached hydrogen (secondary N) is 1. The van der Waals surface area contributed by atoms with Gasteiger partial charge < -0.3 is 5.32 Å². The fourth-order valence-electron chi connectivity index (χ4n) is 1.91. The van der Waals surface area contributed by atoms with E-state index in [1.807, 2.05) is 0 Å². The number of carbonyl (C=O) groups excluding carboxylic acids is 1. The van der Waals surface area contributed by atoms with Gasteiger partial charge in [-0.1, -0.05) is 44.7 Å². The molecule has 1 amide bonds. The van der Waals surface area contributed by atoms with Crippen molar-refractivity contribution in [2.75, 3.05) is 6.54 Å². The molecule has 0 aliphatic heterocycles. The number of benzene rings is 1. The molecule has 5 nitrogen and oxygen atoms in total. The normalized spacial score (nSPS) is 10.7. The molecule has 5 heteroatoms. The van der Waals surface area contributed by atoms with Crippen LogP contribution in [0.3, 0.4) is 0 Å². The smallest absolute Gasteiger partial charge is 0.270 e. The Balaban J connectivity index is 2.33. The number of unbranched alkanes of at least 4 members (excludes halogenated alkanes) is 4. The zero-order valence-electron chi connectivity index (χ0n) is 12.4. The molecule has 21 heavy (non-hydrogen) atoms. The van der Waals surface area contributed by atoms with Gasteiger partial charge in [0.2, 0.25) is 5.91 Å². The maximum Gasteiger partial charge on any atom is 0.270 e. The van der Waals surface area contributed by atoms with Gasteiger partial charge in [0.1, 0.15) is 0 Å². The number of rotatable bonds is 9. The van der Waals surface area contributed by atoms with Crippen molar-refractivity contribution in [1.29, 1.82) is 0 Å². The van der Waals surface area contributed by atoms with Crippen molar-refractivity contribution in [3.05, 3.63) is 46.0 Å². The highest BCUT2D eigenvalue weighted by Crippen LogP contribution is 2.13. The summed E-state index contributed by atoms with van der Waals surface area (Å²) in [5.74, 6) is -0.169. The van der Waals surface area contributed by atoms with Crippen LogP contribution in [0.4, 0.5) is 5.69 Å². The van der Waals surface area contributed by atoms with Crippen LogP contribution in [-0.4, -0.2) is 17.4 Å². The first-order valence-corrected chi connectivity index (χ1v) is 7.34. The number of nitrogens with zero attached hydrogens (tertiary/aromatic N) is 1. The molecule has 1 N–H and O–H groups in total. The first-order valence-electron chi connectivity index (χ1n) is 7.34. The summed E-state index contributed by atoms with van der Waals surface area (Å²) in [6.45, 7) is 2.84. The Kier molecular flexibility index (Phi) is 7.79. The van der Waals surface area contributed by atoms with Crippen molar-refractivity contribution < 1.29 is 9.72 Å². The Hall–Kier alpha value is -2.17. The highest BCUT2D eigenvalue weighted by molar-refractivity contribution is 5.91. The van der Waals surface area contributed by atoms with E-state index in [1.54, 1.807) is 18.2 Å². The van der Waals surface area contributed by atoms with Gasteiger partial charge in [0.25, 0.3) is 5.69 Å². The van der Waals surface area contributed by atoms with Gasteiger partial charge in [-0.3, -0.25) is 14.9 Å². The molecule has 0 spiro atoms. The zero-order chi connectivity index (χ0) is 15.5. The Morgan fingerprint density at radius 2 is 2.05 bits per heavy atom. The van der Waals surface area contributed by atoms with Gasteiger partial charge in [-0.05, 0) is 18.1 Å². The minimum atomic E-state index is -0.451. The van der Waals surface area contributed by atoms with E-state index in [4.69, 9.17) is 0 Å². The zero-order valence-corrected chi connectivity index (χ0v) is 12.4. The molecule has 0 fully saturated rings. The minimum absolute atomic E-state index is 0.0217. The van der Waals surface area contributed by atoms with Crippen molar-refractivity contribution in [2.45, 2.75) is 39.0 Å². The van der Waals surface area contributed by atoms with E-state index in [1.165, 1.54) is 37.5 Å². The molecule has 0 atom stereocenters. The molecular formula is C16H22N2O3. The molecule has 0 heterocycles. The number of hydrogen-bond donors (Lipinski definition) is 1. The summed E-state index contributed by atoms with van der Waals surface area (Å²) in [6.07, 6.45) is 8.75. The summed E-state index contributed by atoms with van der Waals surface area (Å²) >= 11 is 0. The van der Waals surface area contributed by atoms with Crippen molar-refractivity contribution in [3.63, 3.8) is 0 Å². The quantitative estimate of drug-likeness (QED) is 0.326. The fraction of sp³-hybridized carbons (Fsp3) is 0.438. The van der Waals surface area contributed by atoms with E-state index in [0.29, 0.717) is 12.1 Å². The predicted molar refractivity (Wildman–Crippen MR) is 83.9 cm³/mol. The second-order valence-corrected chi connectivity index (χ2v) is 4.89. The van der Waals surface area contributed by atoms with Gasteiger partial charge >= 0.3 is 0 Å². The second-order valence-electron chi connectivity index (χ2n) is 4.89. The largest absolute Gasteiger partial charge is 0.353 e. The van der Waals surface area contributed by atoms with Crippen LogP contribution in [0.2, 0.25) is 0 Å². The van der Waals surface area contributed by atoms with Crippen molar-refractivity contribution >= 4 is 17.7 Å². The van der Waals surface area contributed by atoms with Crippen LogP contribution >= 0.6 is 0 Å². The third-order valence-corrected chi connectivity index (χ3v) is 3.09. The van der Waals surface area contributed by atoms with Crippen LogP contribution in [0, 0.1) is 10.1 Å². The lowest BCUT2D eigenvalue weighted by atomic mass is 10.1. The maximum atomic E-state index is 11.6.